The van der Waals surface area contributed by atoms with E-state index in [9.17, 15) is 0 Å². The van der Waals surface area contributed by atoms with E-state index in [-0.39, 0.29) is 6.04 Å². The fourth-order valence-corrected chi connectivity index (χ4v) is 3.40. The van der Waals surface area contributed by atoms with Gasteiger partial charge in [-0.3, -0.25) is 10.8 Å². The Labute approximate surface area is 122 Å². The molecule has 0 saturated carbocycles. The summed E-state index contributed by atoms with van der Waals surface area (Å²) in [7, 11) is 0. The van der Waals surface area contributed by atoms with Gasteiger partial charge in [-0.15, -0.1) is 11.3 Å². The van der Waals surface area contributed by atoms with Crippen molar-refractivity contribution < 1.29 is 0 Å². The quantitative estimate of drug-likeness (QED) is 0.570. The van der Waals surface area contributed by atoms with Gasteiger partial charge in [0, 0.05) is 21.3 Å². The molecule has 2 aromatic heterocycles. The summed E-state index contributed by atoms with van der Waals surface area (Å²) < 4.78 is 0. The number of hydrazine groups is 1. The van der Waals surface area contributed by atoms with E-state index in [4.69, 9.17) is 5.84 Å². The first-order chi connectivity index (χ1) is 9.81. The second-order valence-corrected chi connectivity index (χ2v) is 5.91. The third-order valence-corrected chi connectivity index (χ3v) is 4.74. The van der Waals surface area contributed by atoms with Gasteiger partial charge in [0.1, 0.15) is 0 Å². The Morgan fingerprint density at radius 1 is 1.25 bits per heavy atom. The maximum absolute atomic E-state index is 5.77. The lowest BCUT2D eigenvalue weighted by molar-refractivity contribution is 0.647. The first-order valence-electron chi connectivity index (χ1n) is 6.71. The molecule has 2 heterocycles. The maximum atomic E-state index is 5.77. The number of benzene rings is 1. The zero-order chi connectivity index (χ0) is 13.9. The first-order valence-corrected chi connectivity index (χ1v) is 7.53. The van der Waals surface area contributed by atoms with Crippen LogP contribution in [0.5, 0.6) is 0 Å². The number of thiophene rings is 1. The van der Waals surface area contributed by atoms with Crippen molar-refractivity contribution in [2.75, 3.05) is 0 Å². The standard InChI is InChI=1S/C16H17N3S/c1-2-13-6-8-15(20-13)16(19-17)12-5-7-14-11(10-12)4-3-9-18-14/h3-10,16,19H,2,17H2,1H3. The minimum atomic E-state index is 0.0323. The van der Waals surface area contributed by atoms with E-state index in [2.05, 4.69) is 47.7 Å². The van der Waals surface area contributed by atoms with Crippen LogP contribution in [0.1, 0.15) is 28.3 Å². The molecule has 0 saturated heterocycles. The zero-order valence-electron chi connectivity index (χ0n) is 11.3. The lowest BCUT2D eigenvalue weighted by Gasteiger charge is -2.15. The topological polar surface area (TPSA) is 50.9 Å². The summed E-state index contributed by atoms with van der Waals surface area (Å²) >= 11 is 1.81. The summed E-state index contributed by atoms with van der Waals surface area (Å²) in [5.41, 5.74) is 5.10. The molecule has 0 bridgehead atoms. The van der Waals surface area contributed by atoms with Gasteiger partial charge in [-0.25, -0.2) is 5.43 Å². The largest absolute Gasteiger partial charge is 0.271 e. The summed E-state index contributed by atoms with van der Waals surface area (Å²) in [6.45, 7) is 2.17. The number of hydrogen-bond donors (Lipinski definition) is 2. The molecule has 0 aliphatic carbocycles. The monoisotopic (exact) mass is 283 g/mol. The van der Waals surface area contributed by atoms with Gasteiger partial charge < -0.3 is 0 Å². The van der Waals surface area contributed by atoms with Gasteiger partial charge in [0.2, 0.25) is 0 Å². The van der Waals surface area contributed by atoms with E-state index in [0.717, 1.165) is 22.9 Å². The average Bonchev–Trinajstić information content (AvgIpc) is 2.97. The molecule has 3 nitrogen and oxygen atoms in total. The smallest absolute Gasteiger partial charge is 0.0802 e. The molecular weight excluding hydrogens is 266 g/mol. The Kier molecular flexibility index (Phi) is 3.78. The number of nitrogens with two attached hydrogens (primary N) is 1. The lowest BCUT2D eigenvalue weighted by Crippen LogP contribution is -2.28. The van der Waals surface area contributed by atoms with E-state index in [1.54, 1.807) is 0 Å². The lowest BCUT2D eigenvalue weighted by atomic mass is 10.0. The molecule has 0 radical (unpaired) electrons. The molecule has 3 aromatic rings. The third kappa shape index (κ3) is 2.45. The van der Waals surface area contributed by atoms with Crippen molar-refractivity contribution in [2.45, 2.75) is 19.4 Å². The number of rotatable bonds is 4. The Morgan fingerprint density at radius 2 is 2.15 bits per heavy atom. The maximum Gasteiger partial charge on any atom is 0.0802 e. The van der Waals surface area contributed by atoms with Gasteiger partial charge in [-0.1, -0.05) is 19.1 Å². The second-order valence-electron chi connectivity index (χ2n) is 4.71. The summed E-state index contributed by atoms with van der Waals surface area (Å²) in [5.74, 6) is 5.77. The van der Waals surface area contributed by atoms with Crippen LogP contribution in [0.4, 0.5) is 0 Å². The molecule has 4 heteroatoms. The molecule has 0 spiro atoms. The highest BCUT2D eigenvalue weighted by atomic mass is 32.1. The highest BCUT2D eigenvalue weighted by Gasteiger charge is 2.15. The number of nitrogens with one attached hydrogen (secondary N) is 1. The van der Waals surface area contributed by atoms with Crippen molar-refractivity contribution in [1.82, 2.24) is 10.4 Å². The molecule has 1 atom stereocenters. The van der Waals surface area contributed by atoms with Crippen LogP contribution in [0, 0.1) is 0 Å². The molecule has 0 aliphatic heterocycles. The normalized spacial score (nSPS) is 12.7. The summed E-state index contributed by atoms with van der Waals surface area (Å²) in [6, 6.07) is 14.7. The third-order valence-electron chi connectivity index (χ3n) is 3.44. The molecule has 3 N–H and O–H groups in total. The summed E-state index contributed by atoms with van der Waals surface area (Å²) in [6.07, 6.45) is 2.87. The van der Waals surface area contributed by atoms with E-state index in [1.807, 2.05) is 29.7 Å². The number of pyridine rings is 1. The fraction of sp³-hybridized carbons (Fsp3) is 0.188. The number of hydrogen-bond acceptors (Lipinski definition) is 4. The number of aryl methyl sites for hydroxylation is 1. The Hall–Kier alpha value is -1.75. The van der Waals surface area contributed by atoms with Crippen molar-refractivity contribution in [3.05, 3.63) is 64.0 Å². The van der Waals surface area contributed by atoms with Crippen LogP contribution in [0.3, 0.4) is 0 Å². The van der Waals surface area contributed by atoms with Crippen LogP contribution in [-0.2, 0) is 6.42 Å². The van der Waals surface area contributed by atoms with Crippen LogP contribution in [0.25, 0.3) is 10.9 Å². The number of aromatic nitrogens is 1. The van der Waals surface area contributed by atoms with Gasteiger partial charge in [0.15, 0.2) is 0 Å². The molecule has 1 unspecified atom stereocenters. The Balaban J connectivity index is 2.02. The fourth-order valence-electron chi connectivity index (χ4n) is 2.36. The zero-order valence-corrected chi connectivity index (χ0v) is 12.2. The molecule has 102 valence electrons. The van der Waals surface area contributed by atoms with E-state index in [1.165, 1.54) is 9.75 Å². The average molecular weight is 283 g/mol. The molecule has 0 amide bonds. The van der Waals surface area contributed by atoms with E-state index >= 15 is 0 Å². The van der Waals surface area contributed by atoms with Crippen molar-refractivity contribution in [3.8, 4) is 0 Å². The number of fused-ring (bicyclic) bond motifs is 1. The van der Waals surface area contributed by atoms with Crippen LogP contribution in [0.15, 0.2) is 48.7 Å². The minimum absolute atomic E-state index is 0.0323. The SMILES string of the molecule is CCc1ccc(C(NN)c2ccc3ncccc3c2)s1. The van der Waals surface area contributed by atoms with Crippen molar-refractivity contribution >= 4 is 22.2 Å². The van der Waals surface area contributed by atoms with E-state index in [0.29, 0.717) is 0 Å². The Bertz CT molecular complexity index is 720. The van der Waals surface area contributed by atoms with Crippen LogP contribution in [-0.4, -0.2) is 4.98 Å². The summed E-state index contributed by atoms with van der Waals surface area (Å²) in [4.78, 5) is 6.97. The van der Waals surface area contributed by atoms with Crippen molar-refractivity contribution in [1.29, 1.82) is 0 Å². The number of nitrogens with zero attached hydrogens (tertiary/aromatic N) is 1. The molecule has 0 aliphatic rings. The van der Waals surface area contributed by atoms with Crippen LogP contribution >= 0.6 is 11.3 Å². The molecule has 3 rings (SSSR count). The predicted molar refractivity (Wildman–Crippen MR) is 84.6 cm³/mol. The van der Waals surface area contributed by atoms with Crippen LogP contribution in [0.2, 0.25) is 0 Å². The van der Waals surface area contributed by atoms with Crippen molar-refractivity contribution in [3.63, 3.8) is 0 Å². The molecule has 1 aromatic carbocycles. The summed E-state index contributed by atoms with van der Waals surface area (Å²) in [5, 5.41) is 1.14. The molecule has 20 heavy (non-hydrogen) atoms. The van der Waals surface area contributed by atoms with E-state index < -0.39 is 0 Å². The predicted octanol–water partition coefficient (Wildman–Crippen LogP) is 3.41. The van der Waals surface area contributed by atoms with Crippen LogP contribution < -0.4 is 11.3 Å². The Morgan fingerprint density at radius 3 is 2.90 bits per heavy atom. The first kappa shape index (κ1) is 13.2. The van der Waals surface area contributed by atoms with Gasteiger partial charge >= 0.3 is 0 Å². The highest BCUT2D eigenvalue weighted by Crippen LogP contribution is 2.29. The van der Waals surface area contributed by atoms with Gasteiger partial charge in [-0.2, -0.15) is 0 Å². The van der Waals surface area contributed by atoms with Crippen molar-refractivity contribution in [2.24, 2.45) is 5.84 Å². The highest BCUT2D eigenvalue weighted by molar-refractivity contribution is 7.12. The van der Waals surface area contributed by atoms with Gasteiger partial charge in [-0.05, 0) is 42.3 Å². The second kappa shape index (κ2) is 5.71. The van der Waals surface area contributed by atoms with Gasteiger partial charge in [0.05, 0.1) is 11.6 Å². The van der Waals surface area contributed by atoms with Gasteiger partial charge in [0.25, 0.3) is 0 Å². The molecular formula is C16H17N3S. The minimum Gasteiger partial charge on any atom is -0.271 e. The molecule has 0 fully saturated rings.